The van der Waals surface area contributed by atoms with Gasteiger partial charge in [-0.25, -0.2) is 9.37 Å². The van der Waals surface area contributed by atoms with Crippen LogP contribution in [0, 0.1) is 5.82 Å². The lowest BCUT2D eigenvalue weighted by Crippen LogP contribution is -2.01. The zero-order valence-corrected chi connectivity index (χ0v) is 13.8. The van der Waals surface area contributed by atoms with Crippen molar-refractivity contribution in [2.24, 2.45) is 0 Å². The molecule has 0 amide bonds. The summed E-state index contributed by atoms with van der Waals surface area (Å²) in [6.07, 6.45) is 0. The van der Waals surface area contributed by atoms with E-state index in [0.29, 0.717) is 23.3 Å². The van der Waals surface area contributed by atoms with Crippen molar-refractivity contribution in [3.8, 4) is 22.9 Å². The van der Waals surface area contributed by atoms with Crippen LogP contribution in [-0.2, 0) is 0 Å². The summed E-state index contributed by atoms with van der Waals surface area (Å²) < 4.78 is 23.9. The first-order chi connectivity index (χ1) is 11.8. The molecule has 124 valence electrons. The minimum atomic E-state index is -0.359. The van der Waals surface area contributed by atoms with Crippen LogP contribution < -0.4 is 9.47 Å². The number of H-pyrrole nitrogens is 1. The van der Waals surface area contributed by atoms with Gasteiger partial charge in [0.1, 0.15) is 5.75 Å². The van der Waals surface area contributed by atoms with Crippen LogP contribution in [0.15, 0.2) is 53.7 Å². The first kappa shape index (κ1) is 16.3. The van der Waals surface area contributed by atoms with E-state index in [0.717, 1.165) is 11.3 Å². The Kier molecular flexibility index (Phi) is 5.32. The fraction of sp³-hybridized carbons (Fsp3) is 0.176. The van der Waals surface area contributed by atoms with Gasteiger partial charge in [0, 0.05) is 11.3 Å². The van der Waals surface area contributed by atoms with Gasteiger partial charge in [0.15, 0.2) is 17.4 Å². The number of nitrogens with one attached hydrogen (secondary N) is 1. The van der Waals surface area contributed by atoms with Crippen molar-refractivity contribution in [2.45, 2.75) is 5.16 Å². The quantitative estimate of drug-likeness (QED) is 0.521. The number of benzene rings is 2. The molecule has 0 radical (unpaired) electrons. The predicted molar refractivity (Wildman–Crippen MR) is 91.0 cm³/mol. The Morgan fingerprint density at radius 2 is 1.92 bits per heavy atom. The van der Waals surface area contributed by atoms with Crippen LogP contribution in [0.1, 0.15) is 0 Å². The Balaban J connectivity index is 1.51. The average molecular weight is 345 g/mol. The van der Waals surface area contributed by atoms with E-state index in [1.54, 1.807) is 25.3 Å². The summed E-state index contributed by atoms with van der Waals surface area (Å²) in [5, 5.41) is 7.69. The monoisotopic (exact) mass is 345 g/mol. The van der Waals surface area contributed by atoms with E-state index in [2.05, 4.69) is 15.2 Å². The Labute approximate surface area is 143 Å². The van der Waals surface area contributed by atoms with Gasteiger partial charge in [0.05, 0.1) is 13.7 Å². The summed E-state index contributed by atoms with van der Waals surface area (Å²) in [5.74, 6) is 2.00. The smallest absolute Gasteiger partial charge is 0.208 e. The Bertz CT molecular complexity index is 793. The highest BCUT2D eigenvalue weighted by atomic mass is 32.2. The molecule has 0 aliphatic rings. The molecule has 24 heavy (non-hydrogen) atoms. The second-order valence-electron chi connectivity index (χ2n) is 4.82. The van der Waals surface area contributed by atoms with E-state index in [1.165, 1.54) is 17.8 Å². The number of hydrogen-bond acceptors (Lipinski definition) is 5. The number of aromatic nitrogens is 3. The van der Waals surface area contributed by atoms with Gasteiger partial charge in [0.25, 0.3) is 0 Å². The van der Waals surface area contributed by atoms with Crippen molar-refractivity contribution in [1.82, 2.24) is 15.2 Å². The summed E-state index contributed by atoms with van der Waals surface area (Å²) in [5.41, 5.74) is 0.928. The fourth-order valence-corrected chi connectivity index (χ4v) is 2.65. The van der Waals surface area contributed by atoms with Gasteiger partial charge in [-0.2, -0.15) is 0 Å². The second kappa shape index (κ2) is 7.83. The molecule has 2 aromatic carbocycles. The van der Waals surface area contributed by atoms with Gasteiger partial charge in [-0.15, -0.1) is 5.10 Å². The molecular formula is C17H16FN3O2S. The molecule has 1 heterocycles. The molecule has 0 aliphatic heterocycles. The minimum Gasteiger partial charge on any atom is -0.497 e. The van der Waals surface area contributed by atoms with Crippen LogP contribution in [0.3, 0.4) is 0 Å². The minimum absolute atomic E-state index is 0.256. The number of ether oxygens (including phenoxy) is 2. The molecule has 0 aliphatic carbocycles. The summed E-state index contributed by atoms with van der Waals surface area (Å²) in [4.78, 5) is 4.42. The molecule has 3 aromatic rings. The molecule has 0 saturated carbocycles. The molecule has 0 bridgehead atoms. The molecule has 0 saturated heterocycles. The van der Waals surface area contributed by atoms with Crippen LogP contribution in [0.4, 0.5) is 4.39 Å². The molecular weight excluding hydrogens is 329 g/mol. The highest BCUT2D eigenvalue weighted by Crippen LogP contribution is 2.22. The van der Waals surface area contributed by atoms with E-state index in [9.17, 15) is 4.39 Å². The van der Waals surface area contributed by atoms with Gasteiger partial charge in [-0.05, 0) is 36.4 Å². The average Bonchev–Trinajstić information content (AvgIpc) is 3.09. The number of thioether (sulfide) groups is 1. The molecule has 1 aromatic heterocycles. The lowest BCUT2D eigenvalue weighted by atomic mass is 10.2. The van der Waals surface area contributed by atoms with E-state index in [1.807, 2.05) is 24.3 Å². The topological polar surface area (TPSA) is 60.0 Å². The first-order valence-electron chi connectivity index (χ1n) is 7.33. The normalized spacial score (nSPS) is 10.6. The second-order valence-corrected chi connectivity index (χ2v) is 5.88. The standard InChI is InChI=1S/C17H16FN3O2S/c1-22-13-8-6-12(7-9-13)16-19-17(21-20-16)24-11-10-23-15-5-3-2-4-14(15)18/h2-9H,10-11H2,1H3,(H,19,20,21). The molecule has 0 unspecified atom stereocenters. The number of hydrogen-bond donors (Lipinski definition) is 1. The van der Waals surface area contributed by atoms with E-state index in [4.69, 9.17) is 9.47 Å². The van der Waals surface area contributed by atoms with Crippen molar-refractivity contribution in [3.63, 3.8) is 0 Å². The number of halogens is 1. The molecule has 3 rings (SSSR count). The van der Waals surface area contributed by atoms with Gasteiger partial charge in [-0.1, -0.05) is 23.9 Å². The third kappa shape index (κ3) is 4.05. The largest absolute Gasteiger partial charge is 0.497 e. The van der Waals surface area contributed by atoms with Gasteiger partial charge >= 0.3 is 0 Å². The predicted octanol–water partition coefficient (Wildman–Crippen LogP) is 3.79. The molecule has 0 fully saturated rings. The lowest BCUT2D eigenvalue weighted by molar-refractivity contribution is 0.325. The van der Waals surface area contributed by atoms with Crippen LogP contribution >= 0.6 is 11.8 Å². The Morgan fingerprint density at radius 1 is 1.12 bits per heavy atom. The zero-order chi connectivity index (χ0) is 16.8. The number of aromatic amines is 1. The van der Waals surface area contributed by atoms with Crippen molar-refractivity contribution < 1.29 is 13.9 Å². The van der Waals surface area contributed by atoms with Crippen molar-refractivity contribution in [3.05, 3.63) is 54.3 Å². The van der Waals surface area contributed by atoms with Crippen molar-refractivity contribution >= 4 is 11.8 Å². The Morgan fingerprint density at radius 3 is 2.67 bits per heavy atom. The molecule has 7 heteroatoms. The van der Waals surface area contributed by atoms with Gasteiger partial charge < -0.3 is 9.47 Å². The number of para-hydroxylation sites is 1. The summed E-state index contributed by atoms with van der Waals surface area (Å²) in [6, 6.07) is 13.9. The third-order valence-electron chi connectivity index (χ3n) is 3.24. The molecule has 0 spiro atoms. The van der Waals surface area contributed by atoms with Crippen LogP contribution in [0.25, 0.3) is 11.4 Å². The maximum Gasteiger partial charge on any atom is 0.208 e. The SMILES string of the molecule is COc1ccc(-c2nc(SCCOc3ccccc3F)n[nH]2)cc1. The van der Waals surface area contributed by atoms with E-state index in [-0.39, 0.29) is 11.6 Å². The Hall–Kier alpha value is -2.54. The maximum absolute atomic E-state index is 13.4. The summed E-state index contributed by atoms with van der Waals surface area (Å²) >= 11 is 1.44. The third-order valence-corrected chi connectivity index (χ3v) is 4.05. The molecule has 5 nitrogen and oxygen atoms in total. The van der Waals surface area contributed by atoms with E-state index < -0.39 is 0 Å². The van der Waals surface area contributed by atoms with Crippen LogP contribution in [0.2, 0.25) is 0 Å². The number of nitrogens with zero attached hydrogens (tertiary/aromatic N) is 2. The maximum atomic E-state index is 13.4. The van der Waals surface area contributed by atoms with Crippen LogP contribution in [0.5, 0.6) is 11.5 Å². The van der Waals surface area contributed by atoms with E-state index >= 15 is 0 Å². The first-order valence-corrected chi connectivity index (χ1v) is 8.32. The van der Waals surface area contributed by atoms with Crippen molar-refractivity contribution in [2.75, 3.05) is 19.5 Å². The van der Waals surface area contributed by atoms with Crippen molar-refractivity contribution in [1.29, 1.82) is 0 Å². The van der Waals surface area contributed by atoms with Gasteiger partial charge in [-0.3, -0.25) is 5.10 Å². The zero-order valence-electron chi connectivity index (χ0n) is 13.0. The summed E-state index contributed by atoms with van der Waals surface area (Å²) in [7, 11) is 1.63. The highest BCUT2D eigenvalue weighted by molar-refractivity contribution is 7.99. The highest BCUT2D eigenvalue weighted by Gasteiger charge is 2.07. The lowest BCUT2D eigenvalue weighted by Gasteiger charge is -2.05. The van der Waals surface area contributed by atoms with Gasteiger partial charge in [0.2, 0.25) is 5.16 Å². The fourth-order valence-electron chi connectivity index (χ4n) is 2.04. The number of rotatable bonds is 7. The van der Waals surface area contributed by atoms with Crippen LogP contribution in [-0.4, -0.2) is 34.7 Å². The number of methoxy groups -OCH3 is 1. The molecule has 0 atom stereocenters. The molecule has 1 N–H and O–H groups in total. The summed E-state index contributed by atoms with van der Waals surface area (Å²) in [6.45, 7) is 0.373.